The van der Waals surface area contributed by atoms with E-state index in [1.54, 1.807) is 0 Å². The van der Waals surface area contributed by atoms with Crippen LogP contribution in [0.3, 0.4) is 0 Å². The molecule has 9 heteroatoms. The first-order valence-electron chi connectivity index (χ1n) is 4.37. The fourth-order valence-electron chi connectivity index (χ4n) is 1.53. The zero-order valence-electron chi connectivity index (χ0n) is 8.47. The number of sulfone groups is 1. The summed E-state index contributed by atoms with van der Waals surface area (Å²) >= 11 is 5.31. The van der Waals surface area contributed by atoms with Crippen molar-refractivity contribution in [3.05, 3.63) is 0 Å². The van der Waals surface area contributed by atoms with E-state index >= 15 is 0 Å². The molecule has 92 valence electrons. The van der Waals surface area contributed by atoms with Crippen LogP contribution in [-0.2, 0) is 14.6 Å². The molecule has 1 aliphatic rings. The lowest BCUT2D eigenvalue weighted by atomic mass is 10.1. The summed E-state index contributed by atoms with van der Waals surface area (Å²) < 4.78 is 21.7. The van der Waals surface area contributed by atoms with E-state index in [-0.39, 0.29) is 16.6 Å². The minimum atomic E-state index is -3.46. The Labute approximate surface area is 103 Å². The highest BCUT2D eigenvalue weighted by Crippen LogP contribution is 2.34. The third kappa shape index (κ3) is 2.47. The molecule has 0 aromatic heterocycles. The Morgan fingerprint density at radius 3 is 2.56 bits per heavy atom. The van der Waals surface area contributed by atoms with E-state index in [1.807, 2.05) is 0 Å². The van der Waals surface area contributed by atoms with Gasteiger partial charge in [-0.1, -0.05) is 24.0 Å². The Bertz CT molecular complexity index is 421. The zero-order chi connectivity index (χ0) is 12.6. The van der Waals surface area contributed by atoms with Crippen LogP contribution in [0.5, 0.6) is 0 Å². The van der Waals surface area contributed by atoms with E-state index in [0.29, 0.717) is 11.8 Å². The molecule has 16 heavy (non-hydrogen) atoms. The molecule has 1 saturated heterocycles. The lowest BCUT2D eigenvalue weighted by Crippen LogP contribution is -2.53. The fraction of sp³-hybridized carbons (Fsp3) is 0.714. The summed E-state index contributed by atoms with van der Waals surface area (Å²) in [6.45, 7) is 1.55. The Balaban J connectivity index is 3.12. The van der Waals surface area contributed by atoms with Gasteiger partial charge in [0.25, 0.3) is 0 Å². The van der Waals surface area contributed by atoms with Gasteiger partial charge < -0.3 is 10.8 Å². The van der Waals surface area contributed by atoms with E-state index in [2.05, 4.69) is 17.5 Å². The summed E-state index contributed by atoms with van der Waals surface area (Å²) in [4.78, 5) is 11.2. The number of carboxylic acids is 1. The first kappa shape index (κ1) is 13.7. The van der Waals surface area contributed by atoms with Crippen LogP contribution in [0.15, 0.2) is 0 Å². The zero-order valence-corrected chi connectivity index (χ0v) is 10.9. The van der Waals surface area contributed by atoms with Gasteiger partial charge in [0.1, 0.15) is 14.4 Å². The second-order valence-electron chi connectivity index (χ2n) is 3.53. The van der Waals surface area contributed by atoms with Crippen LogP contribution in [0.4, 0.5) is 0 Å². The van der Waals surface area contributed by atoms with E-state index < -0.39 is 25.9 Å². The highest BCUT2D eigenvalue weighted by atomic mass is 32.2. The quantitative estimate of drug-likeness (QED) is 0.575. The number of carbonyl (C=O) groups is 1. The Morgan fingerprint density at radius 1 is 1.69 bits per heavy atom. The predicted octanol–water partition coefficient (Wildman–Crippen LogP) is -0.849. The van der Waals surface area contributed by atoms with Crippen LogP contribution < -0.4 is 11.1 Å². The number of thiocarbonyl (C=S) groups is 1. The summed E-state index contributed by atoms with van der Waals surface area (Å²) in [5.74, 6) is -1.33. The number of aliphatic carboxylic acids is 1. The summed E-state index contributed by atoms with van der Waals surface area (Å²) in [5, 5.41) is 10.6. The lowest BCUT2D eigenvalue weighted by molar-refractivity contribution is -0.139. The van der Waals surface area contributed by atoms with Gasteiger partial charge in [0, 0.05) is 6.54 Å². The molecular weight excluding hydrogens is 272 g/mol. The van der Waals surface area contributed by atoms with E-state index in [9.17, 15) is 13.2 Å². The molecule has 0 saturated carbocycles. The molecule has 6 nitrogen and oxygen atoms in total. The maximum atomic E-state index is 11.7. The summed E-state index contributed by atoms with van der Waals surface area (Å²) in [5.41, 5.74) is 5.28. The topological polar surface area (TPSA) is 109 Å². The van der Waals surface area contributed by atoms with Crippen molar-refractivity contribution in [2.45, 2.75) is 17.0 Å². The van der Waals surface area contributed by atoms with Crippen molar-refractivity contribution in [2.75, 3.05) is 12.3 Å². The average Bonchev–Trinajstić information content (AvgIpc) is 2.43. The Morgan fingerprint density at radius 2 is 2.25 bits per heavy atom. The van der Waals surface area contributed by atoms with E-state index in [1.165, 1.54) is 6.92 Å². The molecule has 0 aromatic carbocycles. The number of nitrogens with two attached hydrogens (primary N) is 1. The van der Waals surface area contributed by atoms with Gasteiger partial charge in [0.05, 0.1) is 5.75 Å². The number of carboxylic acid groups (broad SMARTS) is 1. The molecule has 0 spiro atoms. The van der Waals surface area contributed by atoms with Crippen molar-refractivity contribution in [1.82, 2.24) is 5.32 Å². The van der Waals surface area contributed by atoms with Crippen LogP contribution in [-0.4, -0.2) is 46.2 Å². The maximum absolute atomic E-state index is 11.7. The van der Waals surface area contributed by atoms with Crippen LogP contribution in [0.2, 0.25) is 0 Å². The largest absolute Gasteiger partial charge is 0.480 e. The van der Waals surface area contributed by atoms with Crippen molar-refractivity contribution in [1.29, 1.82) is 0 Å². The minimum Gasteiger partial charge on any atom is -0.480 e. The van der Waals surface area contributed by atoms with Crippen LogP contribution in [0.25, 0.3) is 0 Å². The van der Waals surface area contributed by atoms with Gasteiger partial charge in [-0.3, -0.25) is 10.1 Å². The number of hydrogen-bond donors (Lipinski definition) is 3. The van der Waals surface area contributed by atoms with Crippen molar-refractivity contribution in [3.63, 3.8) is 0 Å². The second-order valence-corrected chi connectivity index (χ2v) is 7.93. The van der Waals surface area contributed by atoms with Crippen molar-refractivity contribution in [2.24, 2.45) is 5.73 Å². The van der Waals surface area contributed by atoms with Gasteiger partial charge in [0.15, 0.2) is 9.84 Å². The molecule has 2 unspecified atom stereocenters. The van der Waals surface area contributed by atoms with Crippen LogP contribution in [0, 0.1) is 0 Å². The number of rotatable bonds is 3. The summed E-state index contributed by atoms with van der Waals surface area (Å²) in [7, 11) is -3.46. The van der Waals surface area contributed by atoms with Crippen molar-refractivity contribution >= 4 is 44.1 Å². The first-order valence-corrected chi connectivity index (χ1v) is 7.31. The first-order chi connectivity index (χ1) is 7.20. The normalized spacial score (nSPS) is 27.2. The fourth-order valence-corrected chi connectivity index (χ4v) is 5.13. The highest BCUT2D eigenvalue weighted by Gasteiger charge is 2.51. The standard InChI is InChI=1S/C7H12N2O4S3/c1-7(5(10)11,15-6(8)14)4-9-2-3-16(4,12)13/h4,9H,2-3H2,1H3,(H2,8,14)(H,10,11). The van der Waals surface area contributed by atoms with E-state index in [4.69, 9.17) is 10.8 Å². The predicted molar refractivity (Wildman–Crippen MR) is 66.0 cm³/mol. The Hall–Kier alpha value is -0.380. The SMILES string of the molecule is CC(SC(N)=S)(C(=O)O)C1NCCS1(=O)=O. The highest BCUT2D eigenvalue weighted by molar-refractivity contribution is 8.24. The van der Waals surface area contributed by atoms with Gasteiger partial charge in [0.2, 0.25) is 0 Å². The average molecular weight is 284 g/mol. The molecule has 0 bridgehead atoms. The molecular formula is C7H12N2O4S3. The third-order valence-electron chi connectivity index (χ3n) is 2.31. The van der Waals surface area contributed by atoms with E-state index in [0.717, 1.165) is 0 Å². The number of nitrogens with one attached hydrogen (secondary N) is 1. The number of hydrogen-bond acceptors (Lipinski definition) is 6. The molecule has 1 rings (SSSR count). The molecule has 0 aromatic rings. The maximum Gasteiger partial charge on any atom is 0.322 e. The molecule has 1 fully saturated rings. The van der Waals surface area contributed by atoms with Crippen molar-refractivity contribution in [3.8, 4) is 0 Å². The van der Waals surface area contributed by atoms with Crippen LogP contribution in [0.1, 0.15) is 6.92 Å². The molecule has 0 aliphatic carbocycles. The summed E-state index contributed by atoms with van der Waals surface area (Å²) in [6, 6.07) is 0. The van der Waals surface area contributed by atoms with Gasteiger partial charge in [-0.15, -0.1) is 0 Å². The number of thioether (sulfide) groups is 1. The summed E-state index contributed by atoms with van der Waals surface area (Å²) in [6.07, 6.45) is 0. The van der Waals surface area contributed by atoms with Gasteiger partial charge in [-0.05, 0) is 6.92 Å². The van der Waals surface area contributed by atoms with Gasteiger partial charge >= 0.3 is 5.97 Å². The monoisotopic (exact) mass is 284 g/mol. The molecule has 1 heterocycles. The molecule has 4 N–H and O–H groups in total. The second kappa shape index (κ2) is 4.47. The Kier molecular flexibility index (Phi) is 3.83. The van der Waals surface area contributed by atoms with Gasteiger partial charge in [-0.2, -0.15) is 0 Å². The molecule has 2 atom stereocenters. The lowest BCUT2D eigenvalue weighted by Gasteiger charge is -2.28. The van der Waals surface area contributed by atoms with Gasteiger partial charge in [-0.25, -0.2) is 8.42 Å². The molecule has 0 radical (unpaired) electrons. The van der Waals surface area contributed by atoms with Crippen LogP contribution >= 0.6 is 24.0 Å². The minimum absolute atomic E-state index is 0.0710. The molecule has 1 aliphatic heterocycles. The van der Waals surface area contributed by atoms with Crippen molar-refractivity contribution < 1.29 is 18.3 Å². The smallest absolute Gasteiger partial charge is 0.322 e. The molecule has 0 amide bonds. The third-order valence-corrected chi connectivity index (χ3v) is 5.88.